The average Bonchev–Trinajstić information content (AvgIpc) is 2.91. The Morgan fingerprint density at radius 2 is 0.500 bits per heavy atom. The zero-order valence-corrected chi connectivity index (χ0v) is 29.9. The van der Waals surface area contributed by atoms with Gasteiger partial charge in [-0.25, -0.2) is 0 Å². The molecule has 4 aromatic rings. The molecule has 0 saturated carbocycles. The van der Waals surface area contributed by atoms with Gasteiger partial charge >= 0.3 is 0 Å². The van der Waals surface area contributed by atoms with E-state index in [2.05, 4.69) is 107 Å². The first kappa shape index (κ1) is 34.9. The summed E-state index contributed by atoms with van der Waals surface area (Å²) >= 11 is 0. The number of rotatable bonds is 5. The van der Waals surface area contributed by atoms with E-state index in [4.69, 9.17) is 0 Å². The molecule has 46 heavy (non-hydrogen) atoms. The molecule has 0 aliphatic rings. The van der Waals surface area contributed by atoms with Crippen LogP contribution in [0.2, 0.25) is 0 Å². The molecule has 0 radical (unpaired) electrons. The summed E-state index contributed by atoms with van der Waals surface area (Å²) in [6.07, 6.45) is 0. The highest BCUT2D eigenvalue weighted by Gasteiger charge is 2.34. The quantitative estimate of drug-likeness (QED) is 0.178. The van der Waals surface area contributed by atoms with Crippen molar-refractivity contribution in [2.75, 3.05) is 0 Å². The minimum atomic E-state index is -0.304. The Labute approximate surface area is 276 Å². The lowest BCUT2D eigenvalue weighted by atomic mass is 9.70. The minimum absolute atomic E-state index is 0.252. The fourth-order valence-corrected chi connectivity index (χ4v) is 6.55. The van der Waals surface area contributed by atoms with Crippen LogP contribution >= 0.6 is 0 Å². The smallest absolute Gasteiger partial charge is 0.119 e. The molecule has 4 heteroatoms. The van der Waals surface area contributed by atoms with Crippen molar-refractivity contribution < 1.29 is 20.4 Å². The first-order valence-electron chi connectivity index (χ1n) is 16.3. The molecular weight excluding hydrogens is 568 g/mol. The molecule has 0 aliphatic carbocycles. The Bertz CT molecular complexity index is 1460. The highest BCUT2D eigenvalue weighted by atomic mass is 16.3. The molecule has 0 heterocycles. The second-order valence-corrected chi connectivity index (χ2v) is 17.1. The molecule has 0 aromatic heterocycles. The summed E-state index contributed by atoms with van der Waals surface area (Å²) in [4.78, 5) is 0. The van der Waals surface area contributed by atoms with E-state index in [0.29, 0.717) is 0 Å². The monoisotopic (exact) mass is 622 g/mol. The Balaban J connectivity index is 2.18. The Kier molecular flexibility index (Phi) is 9.13. The van der Waals surface area contributed by atoms with Gasteiger partial charge in [-0.05, 0) is 90.4 Å². The summed E-state index contributed by atoms with van der Waals surface area (Å²) in [5.74, 6) is 0.522. The third-order valence-electron chi connectivity index (χ3n) is 9.08. The lowest BCUT2D eigenvalue weighted by Crippen LogP contribution is -2.20. The van der Waals surface area contributed by atoms with Crippen molar-refractivity contribution in [3.63, 3.8) is 0 Å². The largest absolute Gasteiger partial charge is 0.508 e. The number of benzene rings is 4. The van der Waals surface area contributed by atoms with Gasteiger partial charge in [0.25, 0.3) is 0 Å². The third kappa shape index (κ3) is 7.22. The number of aromatic hydroxyl groups is 4. The fraction of sp³-hybridized carbons (Fsp3) is 0.429. The lowest BCUT2D eigenvalue weighted by Gasteiger charge is -2.34. The van der Waals surface area contributed by atoms with Crippen molar-refractivity contribution in [3.05, 3.63) is 117 Å². The van der Waals surface area contributed by atoms with Gasteiger partial charge in [0.2, 0.25) is 0 Å². The van der Waals surface area contributed by atoms with Crippen LogP contribution in [0, 0.1) is 0 Å². The molecule has 0 fully saturated rings. The maximum Gasteiger partial charge on any atom is 0.119 e. The van der Waals surface area contributed by atoms with Crippen molar-refractivity contribution in [3.8, 4) is 23.0 Å². The van der Waals surface area contributed by atoms with Crippen LogP contribution in [0.4, 0.5) is 0 Å². The maximum absolute atomic E-state index is 11.0. The van der Waals surface area contributed by atoms with Gasteiger partial charge in [0.1, 0.15) is 23.0 Å². The van der Waals surface area contributed by atoms with Crippen LogP contribution in [-0.4, -0.2) is 20.4 Å². The van der Waals surface area contributed by atoms with Gasteiger partial charge in [-0.1, -0.05) is 132 Å². The van der Waals surface area contributed by atoms with Gasteiger partial charge in [0.15, 0.2) is 0 Å². The van der Waals surface area contributed by atoms with E-state index in [1.165, 1.54) is 0 Å². The zero-order valence-electron chi connectivity index (χ0n) is 29.9. The van der Waals surface area contributed by atoms with Crippen LogP contribution in [0.5, 0.6) is 23.0 Å². The van der Waals surface area contributed by atoms with E-state index in [0.717, 1.165) is 44.5 Å². The molecule has 4 nitrogen and oxygen atoms in total. The van der Waals surface area contributed by atoms with E-state index < -0.39 is 0 Å². The van der Waals surface area contributed by atoms with Crippen molar-refractivity contribution in [2.45, 2.75) is 117 Å². The number of hydrogen-bond donors (Lipinski definition) is 4. The highest BCUT2D eigenvalue weighted by molar-refractivity contribution is 5.55. The van der Waals surface area contributed by atoms with Gasteiger partial charge in [0, 0.05) is 11.8 Å². The second kappa shape index (κ2) is 12.0. The molecule has 0 bridgehead atoms. The van der Waals surface area contributed by atoms with E-state index in [9.17, 15) is 20.4 Å². The molecular formula is C42H54O4. The summed E-state index contributed by atoms with van der Waals surface area (Å²) in [6.45, 7) is 25.2. The van der Waals surface area contributed by atoms with Gasteiger partial charge in [0.05, 0.1) is 0 Å². The standard InChI is InChI=1S/C42H54O4/c1-39(2,3)29-21-25(13-17-33(29)43)37(26-14-18-34(44)30(22-26)40(4,5)6)38(27-15-19-35(45)31(23-27)41(7,8)9)28-16-20-36(46)32(24-28)42(10,11)12/h13-24,37-38,43-46H,1-12H3. The summed E-state index contributed by atoms with van der Waals surface area (Å²) in [7, 11) is 0. The molecule has 0 amide bonds. The Morgan fingerprint density at radius 3 is 0.652 bits per heavy atom. The first-order chi connectivity index (χ1) is 21.0. The molecule has 4 N–H and O–H groups in total. The fourth-order valence-electron chi connectivity index (χ4n) is 6.55. The summed E-state index contributed by atoms with van der Waals surface area (Å²) in [5, 5.41) is 44.0. The van der Waals surface area contributed by atoms with Gasteiger partial charge in [-0.15, -0.1) is 0 Å². The van der Waals surface area contributed by atoms with Gasteiger partial charge in [-0.3, -0.25) is 0 Å². The summed E-state index contributed by atoms with van der Waals surface area (Å²) < 4.78 is 0. The van der Waals surface area contributed by atoms with E-state index >= 15 is 0 Å². The first-order valence-corrected chi connectivity index (χ1v) is 16.3. The topological polar surface area (TPSA) is 80.9 Å². The summed E-state index contributed by atoms with van der Waals surface area (Å²) in [6, 6.07) is 23.6. The molecule has 4 rings (SSSR count). The average molecular weight is 623 g/mol. The molecule has 0 spiro atoms. The third-order valence-corrected chi connectivity index (χ3v) is 9.08. The SMILES string of the molecule is CC(C)(C)c1cc(C(c2ccc(O)c(C(C)(C)C)c2)C(c2ccc(O)c(C(C)(C)C)c2)c2ccc(O)c(C(C)(C)C)c2)ccc1O. The van der Waals surface area contributed by atoms with Crippen molar-refractivity contribution in [1.29, 1.82) is 0 Å². The van der Waals surface area contributed by atoms with Gasteiger partial charge in [-0.2, -0.15) is 0 Å². The summed E-state index contributed by atoms with van der Waals surface area (Å²) in [5.41, 5.74) is 6.28. The van der Waals surface area contributed by atoms with Crippen LogP contribution in [0.25, 0.3) is 0 Å². The Morgan fingerprint density at radius 1 is 0.326 bits per heavy atom. The van der Waals surface area contributed by atoms with Gasteiger partial charge < -0.3 is 20.4 Å². The highest BCUT2D eigenvalue weighted by Crippen LogP contribution is 2.49. The molecule has 4 aromatic carbocycles. The second-order valence-electron chi connectivity index (χ2n) is 17.1. The van der Waals surface area contributed by atoms with Crippen LogP contribution in [0.3, 0.4) is 0 Å². The minimum Gasteiger partial charge on any atom is -0.508 e. The predicted octanol–water partition coefficient (Wildman–Crippen LogP) is 10.7. The van der Waals surface area contributed by atoms with E-state index in [1.54, 1.807) is 24.3 Å². The zero-order chi connectivity index (χ0) is 34.6. The molecule has 0 saturated heterocycles. The van der Waals surface area contributed by atoms with Crippen LogP contribution in [0.1, 0.15) is 139 Å². The van der Waals surface area contributed by atoms with E-state index in [1.807, 2.05) is 24.3 Å². The molecule has 0 atom stereocenters. The van der Waals surface area contributed by atoms with Crippen molar-refractivity contribution in [1.82, 2.24) is 0 Å². The van der Waals surface area contributed by atoms with Crippen molar-refractivity contribution >= 4 is 0 Å². The normalized spacial score (nSPS) is 13.1. The molecule has 0 aliphatic heterocycles. The van der Waals surface area contributed by atoms with Crippen LogP contribution in [0.15, 0.2) is 72.8 Å². The predicted molar refractivity (Wildman–Crippen MR) is 191 cm³/mol. The molecule has 246 valence electrons. The molecule has 0 unspecified atom stereocenters. The number of hydrogen-bond acceptors (Lipinski definition) is 4. The van der Waals surface area contributed by atoms with Crippen LogP contribution in [-0.2, 0) is 21.7 Å². The lowest BCUT2D eigenvalue weighted by molar-refractivity contribution is 0.442. The van der Waals surface area contributed by atoms with Crippen molar-refractivity contribution in [2.24, 2.45) is 0 Å². The number of phenolic OH excluding ortho intramolecular Hbond substituents is 4. The van der Waals surface area contributed by atoms with Crippen LogP contribution < -0.4 is 0 Å². The maximum atomic E-state index is 11.0. The Hall–Kier alpha value is -3.92. The van der Waals surface area contributed by atoms with E-state index in [-0.39, 0.29) is 56.5 Å². The number of phenols is 4.